The Labute approximate surface area is 76.4 Å². The minimum absolute atomic E-state index is 0.468. The fourth-order valence-electron chi connectivity index (χ4n) is 0.956. The second-order valence-electron chi connectivity index (χ2n) is 2.58. The lowest BCUT2D eigenvalue weighted by Gasteiger charge is -2.14. The lowest BCUT2D eigenvalue weighted by molar-refractivity contribution is 0.0169. The van der Waals surface area contributed by atoms with Crippen molar-refractivity contribution in [2.24, 2.45) is 0 Å². The maximum absolute atomic E-state index is 9.47. The molecule has 0 aromatic carbocycles. The number of hydrogen-bond acceptors (Lipinski definition) is 4. The summed E-state index contributed by atoms with van der Waals surface area (Å²) in [7, 11) is 0. The van der Waals surface area contributed by atoms with Gasteiger partial charge in [-0.15, -0.1) is 0 Å². The first-order chi connectivity index (χ1) is 5.75. The van der Waals surface area contributed by atoms with Crippen molar-refractivity contribution in [1.29, 1.82) is 0 Å². The van der Waals surface area contributed by atoms with Crippen molar-refractivity contribution in [3.8, 4) is 0 Å². The minimum atomic E-state index is -0.865. The molecule has 0 aliphatic heterocycles. The summed E-state index contributed by atoms with van der Waals surface area (Å²) in [6.45, 7) is 0. The van der Waals surface area contributed by atoms with Crippen LogP contribution in [0.5, 0.6) is 0 Å². The molecule has 0 saturated carbocycles. The number of furan rings is 1. The summed E-state index contributed by atoms with van der Waals surface area (Å²) in [6.07, 6.45) is 1.73. The first kappa shape index (κ1) is 9.64. The number of aliphatic hydroxyl groups is 2. The molecule has 4 heteroatoms. The van der Waals surface area contributed by atoms with Gasteiger partial charge in [0.2, 0.25) is 0 Å². The molecular formula is C8H12O3S. The van der Waals surface area contributed by atoms with Gasteiger partial charge in [0.25, 0.3) is 0 Å². The average Bonchev–Trinajstić information content (AvgIpc) is 2.55. The van der Waals surface area contributed by atoms with E-state index in [1.807, 2.05) is 0 Å². The fourth-order valence-corrected chi connectivity index (χ4v) is 1.22. The highest BCUT2D eigenvalue weighted by molar-refractivity contribution is 7.80. The van der Waals surface area contributed by atoms with E-state index < -0.39 is 12.2 Å². The van der Waals surface area contributed by atoms with Crippen LogP contribution in [0, 0.1) is 0 Å². The first-order valence-corrected chi connectivity index (χ1v) is 4.38. The van der Waals surface area contributed by atoms with Crippen molar-refractivity contribution in [3.05, 3.63) is 24.2 Å². The van der Waals surface area contributed by atoms with Crippen LogP contribution >= 0.6 is 12.6 Å². The maximum Gasteiger partial charge on any atom is 0.108 e. The third-order valence-corrected chi connectivity index (χ3v) is 1.93. The predicted molar refractivity (Wildman–Crippen MR) is 48.1 cm³/mol. The molecule has 2 N–H and O–H groups in total. The molecule has 1 aromatic heterocycles. The quantitative estimate of drug-likeness (QED) is 0.618. The molecule has 68 valence electrons. The smallest absolute Gasteiger partial charge is 0.108 e. The largest absolute Gasteiger partial charge is 0.472 e. The summed E-state index contributed by atoms with van der Waals surface area (Å²) in [4.78, 5) is 0. The molecule has 1 rings (SSSR count). The van der Waals surface area contributed by atoms with Crippen molar-refractivity contribution >= 4 is 12.6 Å². The topological polar surface area (TPSA) is 53.6 Å². The van der Waals surface area contributed by atoms with Gasteiger partial charge in [-0.2, -0.15) is 12.6 Å². The van der Waals surface area contributed by atoms with Crippen LogP contribution in [0.3, 0.4) is 0 Å². The minimum Gasteiger partial charge on any atom is -0.472 e. The molecule has 0 spiro atoms. The van der Waals surface area contributed by atoms with Gasteiger partial charge in [-0.25, -0.2) is 0 Å². The van der Waals surface area contributed by atoms with Crippen LogP contribution in [0.1, 0.15) is 18.1 Å². The van der Waals surface area contributed by atoms with Crippen LogP contribution in [0.2, 0.25) is 0 Å². The molecule has 1 heterocycles. The van der Waals surface area contributed by atoms with Gasteiger partial charge in [0.05, 0.1) is 18.6 Å². The summed E-state index contributed by atoms with van der Waals surface area (Å²) in [5.41, 5.74) is 0.601. The zero-order valence-corrected chi connectivity index (χ0v) is 7.45. The van der Waals surface area contributed by atoms with E-state index in [0.717, 1.165) is 0 Å². The van der Waals surface area contributed by atoms with E-state index in [-0.39, 0.29) is 0 Å². The zero-order chi connectivity index (χ0) is 8.97. The molecule has 0 saturated heterocycles. The molecule has 2 unspecified atom stereocenters. The van der Waals surface area contributed by atoms with E-state index >= 15 is 0 Å². The van der Waals surface area contributed by atoms with Gasteiger partial charge in [-0.05, 0) is 18.2 Å². The number of rotatable bonds is 4. The molecule has 0 radical (unpaired) electrons. The summed E-state index contributed by atoms with van der Waals surface area (Å²) in [5.74, 6) is 0.552. The molecule has 2 atom stereocenters. The van der Waals surface area contributed by atoms with Crippen LogP contribution in [-0.2, 0) is 0 Å². The average molecular weight is 188 g/mol. The van der Waals surface area contributed by atoms with E-state index in [2.05, 4.69) is 12.6 Å². The van der Waals surface area contributed by atoms with Crippen molar-refractivity contribution in [1.82, 2.24) is 0 Å². The zero-order valence-electron chi connectivity index (χ0n) is 6.55. The monoisotopic (exact) mass is 188 g/mol. The van der Waals surface area contributed by atoms with Crippen LogP contribution in [0.15, 0.2) is 23.0 Å². The second-order valence-corrected chi connectivity index (χ2v) is 3.03. The highest BCUT2D eigenvalue weighted by atomic mass is 32.1. The Kier molecular flexibility index (Phi) is 3.65. The Morgan fingerprint density at radius 3 is 2.75 bits per heavy atom. The number of hydrogen-bond donors (Lipinski definition) is 3. The van der Waals surface area contributed by atoms with Crippen molar-refractivity contribution in [3.63, 3.8) is 0 Å². The summed E-state index contributed by atoms with van der Waals surface area (Å²) in [6, 6.07) is 1.63. The van der Waals surface area contributed by atoms with E-state index in [0.29, 0.717) is 17.7 Å². The molecular weight excluding hydrogens is 176 g/mol. The van der Waals surface area contributed by atoms with Crippen molar-refractivity contribution in [2.45, 2.75) is 18.6 Å². The van der Waals surface area contributed by atoms with E-state index in [1.165, 1.54) is 12.5 Å². The highest BCUT2D eigenvalue weighted by Crippen LogP contribution is 2.19. The molecule has 3 nitrogen and oxygen atoms in total. The fraction of sp³-hybridized carbons (Fsp3) is 0.500. The maximum atomic E-state index is 9.47. The van der Waals surface area contributed by atoms with E-state index in [4.69, 9.17) is 4.42 Å². The summed E-state index contributed by atoms with van der Waals surface area (Å²) in [5, 5.41) is 18.8. The third-order valence-electron chi connectivity index (χ3n) is 1.67. The Bertz CT molecular complexity index is 210. The van der Waals surface area contributed by atoms with Gasteiger partial charge in [0, 0.05) is 5.56 Å². The lowest BCUT2D eigenvalue weighted by Crippen LogP contribution is -2.17. The molecule has 0 fully saturated rings. The third kappa shape index (κ3) is 2.27. The SMILES string of the molecule is OC(CCS)C(O)c1ccoc1. The molecule has 0 amide bonds. The van der Waals surface area contributed by atoms with Gasteiger partial charge in [0.15, 0.2) is 0 Å². The Hall–Kier alpha value is -0.450. The standard InChI is InChI=1S/C8H12O3S/c9-7(2-4-12)8(10)6-1-3-11-5-6/h1,3,5,7-10,12H,2,4H2. The van der Waals surface area contributed by atoms with Gasteiger partial charge >= 0.3 is 0 Å². The normalized spacial score (nSPS) is 15.9. The van der Waals surface area contributed by atoms with E-state index in [9.17, 15) is 10.2 Å². The van der Waals surface area contributed by atoms with Crippen LogP contribution in [0.4, 0.5) is 0 Å². The van der Waals surface area contributed by atoms with Gasteiger partial charge < -0.3 is 14.6 Å². The van der Waals surface area contributed by atoms with Gasteiger partial charge in [-0.3, -0.25) is 0 Å². The Morgan fingerprint density at radius 1 is 1.50 bits per heavy atom. The number of thiol groups is 1. The highest BCUT2D eigenvalue weighted by Gasteiger charge is 2.17. The molecule has 0 bridgehead atoms. The summed E-state index contributed by atoms with van der Waals surface area (Å²) >= 11 is 3.96. The van der Waals surface area contributed by atoms with Crippen LogP contribution in [-0.4, -0.2) is 22.1 Å². The van der Waals surface area contributed by atoms with Gasteiger partial charge in [0.1, 0.15) is 6.10 Å². The van der Waals surface area contributed by atoms with E-state index in [1.54, 1.807) is 6.07 Å². The number of aliphatic hydroxyl groups excluding tert-OH is 2. The molecule has 0 aliphatic carbocycles. The second kappa shape index (κ2) is 4.54. The van der Waals surface area contributed by atoms with Crippen LogP contribution < -0.4 is 0 Å². The Balaban J connectivity index is 2.53. The van der Waals surface area contributed by atoms with Crippen molar-refractivity contribution < 1.29 is 14.6 Å². The Morgan fingerprint density at radius 2 is 2.25 bits per heavy atom. The predicted octanol–water partition coefficient (Wildman–Crippen LogP) is 0.994. The molecule has 12 heavy (non-hydrogen) atoms. The molecule has 1 aromatic rings. The van der Waals surface area contributed by atoms with Crippen LogP contribution in [0.25, 0.3) is 0 Å². The lowest BCUT2D eigenvalue weighted by atomic mass is 10.1. The van der Waals surface area contributed by atoms with Crippen molar-refractivity contribution in [2.75, 3.05) is 5.75 Å². The van der Waals surface area contributed by atoms with Gasteiger partial charge in [-0.1, -0.05) is 0 Å². The first-order valence-electron chi connectivity index (χ1n) is 3.74. The summed E-state index contributed by atoms with van der Waals surface area (Å²) < 4.78 is 4.77. The molecule has 0 aliphatic rings.